The van der Waals surface area contributed by atoms with Gasteiger partial charge in [0.1, 0.15) is 0 Å². The van der Waals surface area contributed by atoms with E-state index < -0.39 is 6.61 Å². The van der Waals surface area contributed by atoms with E-state index in [1.807, 2.05) is 0 Å². The maximum absolute atomic E-state index is 12.4. The predicted molar refractivity (Wildman–Crippen MR) is 105 cm³/mol. The van der Waals surface area contributed by atoms with E-state index in [2.05, 4.69) is 15.4 Å². The van der Waals surface area contributed by atoms with Crippen LogP contribution in [0.5, 0.6) is 11.5 Å². The third kappa shape index (κ3) is 6.91. The van der Waals surface area contributed by atoms with E-state index in [0.29, 0.717) is 11.1 Å². The zero-order valence-electron chi connectivity index (χ0n) is 16.1. The number of carbonyl (C=O) groups excluding carboxylic acids is 2. The first-order valence-electron chi connectivity index (χ1n) is 8.91. The van der Waals surface area contributed by atoms with Crippen LogP contribution in [0.15, 0.2) is 48.5 Å². The van der Waals surface area contributed by atoms with Crippen LogP contribution in [0.2, 0.25) is 0 Å². The second-order valence-electron chi connectivity index (χ2n) is 5.85. The van der Waals surface area contributed by atoms with Crippen LogP contribution >= 0.6 is 0 Å². The van der Waals surface area contributed by atoms with Crippen LogP contribution in [0.1, 0.15) is 28.4 Å². The van der Waals surface area contributed by atoms with Crippen molar-refractivity contribution >= 4 is 17.9 Å². The molecule has 8 heteroatoms. The Bertz CT molecular complexity index is 885. The Hall–Kier alpha value is -3.42. The van der Waals surface area contributed by atoms with Gasteiger partial charge in [-0.25, -0.2) is 0 Å². The van der Waals surface area contributed by atoms with Crippen LogP contribution in [-0.4, -0.2) is 32.1 Å². The van der Waals surface area contributed by atoms with Crippen molar-refractivity contribution in [3.05, 3.63) is 65.2 Å². The number of carbonyl (C=O) groups is 2. The fraction of sp³-hybridized carbons (Fsp3) is 0.238. The van der Waals surface area contributed by atoms with Crippen molar-refractivity contribution in [1.29, 1.82) is 0 Å². The van der Waals surface area contributed by atoms with Crippen molar-refractivity contribution in [2.45, 2.75) is 20.1 Å². The lowest BCUT2D eigenvalue weighted by Crippen LogP contribution is -2.21. The molecular formula is C21H22F2N2O4. The molecule has 0 aliphatic heterocycles. The number of amides is 2. The van der Waals surface area contributed by atoms with E-state index in [1.54, 1.807) is 38.2 Å². The number of hydrogen-bond donors (Lipinski definition) is 2. The summed E-state index contributed by atoms with van der Waals surface area (Å²) in [7, 11) is 1.55. The number of rotatable bonds is 9. The molecular weight excluding hydrogens is 382 g/mol. The summed E-state index contributed by atoms with van der Waals surface area (Å²) in [6, 6.07) is 11.3. The first-order chi connectivity index (χ1) is 13.9. The molecule has 0 fully saturated rings. The van der Waals surface area contributed by atoms with Crippen molar-refractivity contribution in [3.63, 3.8) is 0 Å². The Morgan fingerprint density at radius 3 is 2.62 bits per heavy atom. The predicted octanol–water partition coefficient (Wildman–Crippen LogP) is 3.38. The van der Waals surface area contributed by atoms with Crippen LogP contribution in [0, 0.1) is 0 Å². The van der Waals surface area contributed by atoms with E-state index in [-0.39, 0.29) is 36.5 Å². The summed E-state index contributed by atoms with van der Waals surface area (Å²) >= 11 is 0. The summed E-state index contributed by atoms with van der Waals surface area (Å²) in [5.74, 6) is -0.454. The number of ether oxygens (including phenoxy) is 2. The van der Waals surface area contributed by atoms with E-state index in [0.717, 1.165) is 5.56 Å². The highest BCUT2D eigenvalue weighted by Crippen LogP contribution is 2.30. The highest BCUT2D eigenvalue weighted by molar-refractivity contribution is 5.94. The van der Waals surface area contributed by atoms with Gasteiger partial charge in [0.25, 0.3) is 5.91 Å². The highest BCUT2D eigenvalue weighted by atomic mass is 19.3. The van der Waals surface area contributed by atoms with Gasteiger partial charge in [-0.15, -0.1) is 0 Å². The molecule has 0 saturated carbocycles. The van der Waals surface area contributed by atoms with Gasteiger partial charge in [0.2, 0.25) is 5.91 Å². The molecule has 2 N–H and O–H groups in total. The SMILES string of the molecule is CCOc1cc(/C=C/C(=O)NCc2cccc(C(=O)NC)c2)ccc1OC(F)F. The Morgan fingerprint density at radius 1 is 1.14 bits per heavy atom. The van der Waals surface area contributed by atoms with Gasteiger partial charge in [0.05, 0.1) is 6.61 Å². The molecule has 0 saturated heterocycles. The Labute approximate surface area is 167 Å². The minimum absolute atomic E-state index is 0.0700. The number of alkyl halides is 2. The molecule has 154 valence electrons. The topological polar surface area (TPSA) is 76.7 Å². The van der Waals surface area contributed by atoms with E-state index in [9.17, 15) is 18.4 Å². The van der Waals surface area contributed by atoms with E-state index in [1.165, 1.54) is 30.4 Å². The van der Waals surface area contributed by atoms with E-state index >= 15 is 0 Å². The molecule has 0 aliphatic rings. The first kappa shape index (κ1) is 21.9. The van der Waals surface area contributed by atoms with Gasteiger partial charge < -0.3 is 20.1 Å². The molecule has 2 aromatic carbocycles. The minimum Gasteiger partial charge on any atom is -0.490 e. The van der Waals surface area contributed by atoms with Gasteiger partial charge in [-0.05, 0) is 48.4 Å². The minimum atomic E-state index is -2.96. The zero-order chi connectivity index (χ0) is 21.2. The first-order valence-corrected chi connectivity index (χ1v) is 8.91. The van der Waals surface area contributed by atoms with Crippen LogP contribution in [0.25, 0.3) is 6.08 Å². The van der Waals surface area contributed by atoms with E-state index in [4.69, 9.17) is 4.74 Å². The second kappa shape index (κ2) is 10.8. The van der Waals surface area contributed by atoms with Gasteiger partial charge >= 0.3 is 6.61 Å². The monoisotopic (exact) mass is 404 g/mol. The summed E-state index contributed by atoms with van der Waals surface area (Å²) in [4.78, 5) is 23.7. The Morgan fingerprint density at radius 2 is 1.93 bits per heavy atom. The number of hydrogen-bond acceptors (Lipinski definition) is 4. The zero-order valence-corrected chi connectivity index (χ0v) is 16.1. The molecule has 0 spiro atoms. The van der Waals surface area contributed by atoms with Crippen LogP contribution < -0.4 is 20.1 Å². The molecule has 2 aromatic rings. The molecule has 0 heterocycles. The molecule has 29 heavy (non-hydrogen) atoms. The van der Waals surface area contributed by atoms with Crippen molar-refractivity contribution < 1.29 is 27.8 Å². The molecule has 6 nitrogen and oxygen atoms in total. The average molecular weight is 404 g/mol. The smallest absolute Gasteiger partial charge is 0.387 e. The molecule has 0 aromatic heterocycles. The lowest BCUT2D eigenvalue weighted by Gasteiger charge is -2.11. The van der Waals surface area contributed by atoms with Gasteiger partial charge in [-0.2, -0.15) is 8.78 Å². The molecule has 2 rings (SSSR count). The van der Waals surface area contributed by atoms with Crippen molar-refractivity contribution in [2.75, 3.05) is 13.7 Å². The summed E-state index contributed by atoms with van der Waals surface area (Å²) in [5.41, 5.74) is 1.87. The summed E-state index contributed by atoms with van der Waals surface area (Å²) in [6.07, 6.45) is 2.85. The quantitative estimate of drug-likeness (QED) is 0.629. The van der Waals surface area contributed by atoms with Crippen LogP contribution in [0.3, 0.4) is 0 Å². The summed E-state index contributed by atoms with van der Waals surface area (Å²) in [5, 5.41) is 5.26. The van der Waals surface area contributed by atoms with Gasteiger partial charge in [0, 0.05) is 25.2 Å². The summed E-state index contributed by atoms with van der Waals surface area (Å²) < 4.78 is 34.6. The standard InChI is InChI=1S/C21H22F2N2O4/c1-3-28-18-12-14(7-9-17(18)29-21(22)23)8-10-19(26)25-13-15-5-4-6-16(11-15)20(27)24-2/h4-12,21H,3,13H2,1-2H3,(H,24,27)(H,25,26)/b10-8+. The number of benzene rings is 2. The van der Waals surface area contributed by atoms with Crippen molar-refractivity contribution in [2.24, 2.45) is 0 Å². The van der Waals surface area contributed by atoms with Gasteiger partial charge in [-0.1, -0.05) is 18.2 Å². The fourth-order valence-electron chi connectivity index (χ4n) is 2.48. The van der Waals surface area contributed by atoms with Crippen molar-refractivity contribution in [3.8, 4) is 11.5 Å². The molecule has 0 bridgehead atoms. The number of halogens is 2. The summed E-state index contributed by atoms with van der Waals surface area (Å²) in [6.45, 7) is -0.702. The van der Waals surface area contributed by atoms with Crippen molar-refractivity contribution in [1.82, 2.24) is 10.6 Å². The molecule has 0 radical (unpaired) electrons. The number of nitrogens with one attached hydrogen (secondary N) is 2. The fourth-order valence-corrected chi connectivity index (χ4v) is 2.48. The lowest BCUT2D eigenvalue weighted by molar-refractivity contribution is -0.116. The van der Waals surface area contributed by atoms with Gasteiger partial charge in [0.15, 0.2) is 11.5 Å². The Balaban J connectivity index is 2.00. The maximum Gasteiger partial charge on any atom is 0.387 e. The average Bonchev–Trinajstić information content (AvgIpc) is 2.71. The highest BCUT2D eigenvalue weighted by Gasteiger charge is 2.11. The molecule has 0 aliphatic carbocycles. The second-order valence-corrected chi connectivity index (χ2v) is 5.85. The molecule has 0 atom stereocenters. The van der Waals surface area contributed by atoms with Crippen LogP contribution in [-0.2, 0) is 11.3 Å². The normalized spacial score (nSPS) is 10.8. The van der Waals surface area contributed by atoms with Crippen LogP contribution in [0.4, 0.5) is 8.78 Å². The largest absolute Gasteiger partial charge is 0.490 e. The maximum atomic E-state index is 12.4. The third-order valence-corrected chi connectivity index (χ3v) is 3.79. The lowest BCUT2D eigenvalue weighted by atomic mass is 10.1. The molecule has 0 unspecified atom stereocenters. The molecule has 2 amide bonds. The Kier molecular flexibility index (Phi) is 8.14. The van der Waals surface area contributed by atoms with Gasteiger partial charge in [-0.3, -0.25) is 9.59 Å². The third-order valence-electron chi connectivity index (χ3n) is 3.79.